The van der Waals surface area contributed by atoms with E-state index in [9.17, 15) is 9.59 Å². The third kappa shape index (κ3) is 4.43. The number of benzene rings is 2. The van der Waals surface area contributed by atoms with Crippen LogP contribution in [0.15, 0.2) is 48.5 Å². The van der Waals surface area contributed by atoms with Gasteiger partial charge in [0.25, 0.3) is 0 Å². The second-order valence-electron chi connectivity index (χ2n) is 7.82. The summed E-state index contributed by atoms with van der Waals surface area (Å²) in [6.07, 6.45) is 2.99. The van der Waals surface area contributed by atoms with Gasteiger partial charge in [0, 0.05) is 16.1 Å². The molecule has 0 spiro atoms. The minimum atomic E-state index is -1.06. The summed E-state index contributed by atoms with van der Waals surface area (Å²) in [5.41, 5.74) is 0.0405. The summed E-state index contributed by atoms with van der Waals surface area (Å²) in [6.45, 7) is 4.76. The fourth-order valence-corrected chi connectivity index (χ4v) is 3.72. The molecule has 5 nitrogen and oxygen atoms in total. The highest BCUT2D eigenvalue weighted by molar-refractivity contribution is 6.30. The van der Waals surface area contributed by atoms with Crippen molar-refractivity contribution < 1.29 is 18.9 Å². The van der Waals surface area contributed by atoms with Crippen LogP contribution in [0.2, 0.25) is 5.02 Å². The first-order chi connectivity index (χ1) is 13.2. The molecular formula is C22H26ClN2O3+. The van der Waals surface area contributed by atoms with E-state index < -0.39 is 5.60 Å². The van der Waals surface area contributed by atoms with Crippen molar-refractivity contribution in [1.82, 2.24) is 0 Å². The zero-order valence-electron chi connectivity index (χ0n) is 16.3. The number of ketones is 1. The smallest absolute Gasteiger partial charge is 0.375 e. The topological polar surface area (TPSA) is 69.4 Å². The van der Waals surface area contributed by atoms with Gasteiger partial charge in [-0.2, -0.15) is 10.4 Å². The van der Waals surface area contributed by atoms with Crippen LogP contribution in [-0.4, -0.2) is 35.0 Å². The standard InChI is InChI=1S/C22H26ClN2O3/c1-22(2,21(27)25(24)14-4-3-5-15-25)28-19-12-8-17(9-13-19)20(26)16-6-10-18(23)11-7-16/h6-13H,3-5,14-15,24H2,1-2H3/q+1. The highest BCUT2D eigenvalue weighted by atomic mass is 35.5. The van der Waals surface area contributed by atoms with E-state index in [4.69, 9.17) is 22.2 Å². The Hall–Kier alpha value is -2.21. The highest BCUT2D eigenvalue weighted by Crippen LogP contribution is 2.25. The van der Waals surface area contributed by atoms with Gasteiger partial charge in [-0.3, -0.25) is 4.79 Å². The molecule has 0 atom stereocenters. The minimum Gasteiger partial charge on any atom is -0.474 e. The molecule has 1 aliphatic rings. The number of rotatable bonds is 5. The zero-order chi connectivity index (χ0) is 20.4. The van der Waals surface area contributed by atoms with Crippen molar-refractivity contribution in [3.05, 3.63) is 64.7 Å². The molecule has 2 N–H and O–H groups in total. The van der Waals surface area contributed by atoms with Crippen LogP contribution in [0.3, 0.4) is 0 Å². The Labute approximate surface area is 170 Å². The monoisotopic (exact) mass is 401 g/mol. The Kier molecular flexibility index (Phi) is 5.89. The second kappa shape index (κ2) is 8.03. The summed E-state index contributed by atoms with van der Waals surface area (Å²) in [5.74, 6) is 6.63. The zero-order valence-corrected chi connectivity index (χ0v) is 17.0. The number of carbonyl (C=O) groups is 2. The van der Waals surface area contributed by atoms with Crippen molar-refractivity contribution in [2.24, 2.45) is 5.84 Å². The van der Waals surface area contributed by atoms with E-state index in [1.807, 2.05) is 0 Å². The Morgan fingerprint density at radius 3 is 1.96 bits per heavy atom. The number of quaternary nitrogens is 1. The van der Waals surface area contributed by atoms with Gasteiger partial charge in [-0.05, 0) is 81.6 Å². The fourth-order valence-electron chi connectivity index (χ4n) is 3.60. The first-order valence-corrected chi connectivity index (χ1v) is 9.89. The van der Waals surface area contributed by atoms with Gasteiger partial charge in [0.15, 0.2) is 5.78 Å². The lowest BCUT2D eigenvalue weighted by atomic mass is 10.0. The van der Waals surface area contributed by atoms with Gasteiger partial charge >= 0.3 is 5.91 Å². The van der Waals surface area contributed by atoms with E-state index in [1.54, 1.807) is 62.4 Å². The lowest BCUT2D eigenvalue weighted by Gasteiger charge is -2.38. The molecule has 0 unspecified atom stereocenters. The SMILES string of the molecule is CC(C)(Oc1ccc(C(=O)c2ccc(Cl)cc2)cc1)C(=O)[N+]1(N)CCCCC1. The molecule has 0 bridgehead atoms. The van der Waals surface area contributed by atoms with Gasteiger partial charge in [-0.15, -0.1) is 0 Å². The maximum Gasteiger partial charge on any atom is 0.375 e. The normalized spacial score (nSPS) is 16.4. The van der Waals surface area contributed by atoms with Gasteiger partial charge < -0.3 is 4.74 Å². The van der Waals surface area contributed by atoms with Gasteiger partial charge in [0.05, 0.1) is 0 Å². The minimum absolute atomic E-state index is 0.0832. The van der Waals surface area contributed by atoms with E-state index in [0.29, 0.717) is 35.0 Å². The Morgan fingerprint density at radius 2 is 1.43 bits per heavy atom. The number of piperidine rings is 1. The van der Waals surface area contributed by atoms with Crippen LogP contribution in [0, 0.1) is 0 Å². The first-order valence-electron chi connectivity index (χ1n) is 9.51. The Morgan fingerprint density at radius 1 is 0.929 bits per heavy atom. The molecule has 1 saturated heterocycles. The van der Waals surface area contributed by atoms with Crippen LogP contribution in [-0.2, 0) is 4.79 Å². The van der Waals surface area contributed by atoms with Crippen LogP contribution in [0.25, 0.3) is 0 Å². The van der Waals surface area contributed by atoms with Crippen LogP contribution < -0.4 is 10.6 Å². The van der Waals surface area contributed by atoms with Crippen molar-refractivity contribution in [1.29, 1.82) is 0 Å². The molecule has 28 heavy (non-hydrogen) atoms. The van der Waals surface area contributed by atoms with E-state index in [1.165, 1.54) is 0 Å². The number of ether oxygens (including phenoxy) is 1. The number of hydrogen-bond acceptors (Lipinski definition) is 4. The third-order valence-electron chi connectivity index (χ3n) is 5.13. The van der Waals surface area contributed by atoms with Crippen molar-refractivity contribution in [2.45, 2.75) is 38.7 Å². The first kappa shape index (κ1) is 20.5. The molecule has 1 amide bonds. The number of nitrogens with zero attached hydrogens (tertiary/aromatic N) is 1. The van der Waals surface area contributed by atoms with Crippen LogP contribution >= 0.6 is 11.6 Å². The predicted octanol–water partition coefficient (Wildman–Crippen LogP) is 4.13. The largest absolute Gasteiger partial charge is 0.474 e. The molecule has 2 aromatic rings. The molecule has 148 valence electrons. The van der Waals surface area contributed by atoms with Crippen molar-refractivity contribution in [3.8, 4) is 5.75 Å². The fraction of sp³-hybridized carbons (Fsp3) is 0.364. The molecule has 1 aliphatic heterocycles. The highest BCUT2D eigenvalue weighted by Gasteiger charge is 2.47. The number of likely N-dealkylation sites (tertiary alicyclic amines) is 1. The van der Waals surface area contributed by atoms with Gasteiger partial charge in [0.2, 0.25) is 5.60 Å². The molecule has 1 fully saturated rings. The maximum atomic E-state index is 13.0. The van der Waals surface area contributed by atoms with Crippen LogP contribution in [0.5, 0.6) is 5.75 Å². The lowest BCUT2D eigenvalue weighted by Crippen LogP contribution is -2.67. The third-order valence-corrected chi connectivity index (χ3v) is 5.38. The number of halogens is 1. The molecule has 3 rings (SSSR count). The molecule has 0 radical (unpaired) electrons. The number of hydrogen-bond donors (Lipinski definition) is 1. The molecule has 6 heteroatoms. The van der Waals surface area contributed by atoms with Crippen molar-refractivity contribution in [3.63, 3.8) is 0 Å². The van der Waals surface area contributed by atoms with Crippen molar-refractivity contribution in [2.75, 3.05) is 13.1 Å². The summed E-state index contributed by atoms with van der Waals surface area (Å²) in [4.78, 5) is 25.5. The van der Waals surface area contributed by atoms with Gasteiger partial charge in [-0.25, -0.2) is 4.79 Å². The molecule has 1 heterocycles. The van der Waals surface area contributed by atoms with Crippen LogP contribution in [0.1, 0.15) is 49.0 Å². The summed E-state index contributed by atoms with van der Waals surface area (Å²) in [5, 5.41) is 0.584. The van der Waals surface area contributed by atoms with E-state index in [0.717, 1.165) is 19.3 Å². The lowest BCUT2D eigenvalue weighted by molar-refractivity contribution is -0.873. The molecule has 0 saturated carbocycles. The van der Waals surface area contributed by atoms with E-state index in [2.05, 4.69) is 0 Å². The maximum absolute atomic E-state index is 13.0. The quantitative estimate of drug-likeness (QED) is 0.354. The van der Waals surface area contributed by atoms with Crippen LogP contribution in [0.4, 0.5) is 0 Å². The number of carbonyl (C=O) groups excluding carboxylic acids is 2. The Balaban J connectivity index is 1.71. The molecule has 0 aliphatic carbocycles. The number of nitrogens with two attached hydrogens (primary N) is 1. The van der Waals surface area contributed by atoms with Gasteiger partial charge in [0.1, 0.15) is 18.8 Å². The Bertz CT molecular complexity index is 854. The summed E-state index contributed by atoms with van der Waals surface area (Å²) in [6, 6.07) is 13.6. The van der Waals surface area contributed by atoms with Crippen molar-refractivity contribution >= 4 is 23.3 Å². The predicted molar refractivity (Wildman–Crippen MR) is 109 cm³/mol. The van der Waals surface area contributed by atoms with Gasteiger partial charge in [-0.1, -0.05) is 11.6 Å². The van der Waals surface area contributed by atoms with E-state index in [-0.39, 0.29) is 16.3 Å². The molecular weight excluding hydrogens is 376 g/mol. The second-order valence-corrected chi connectivity index (χ2v) is 8.26. The summed E-state index contributed by atoms with van der Waals surface area (Å²) >= 11 is 5.87. The molecule has 2 aromatic carbocycles. The average Bonchev–Trinajstić information content (AvgIpc) is 2.68. The summed E-state index contributed by atoms with van der Waals surface area (Å²) < 4.78 is 5.88. The molecule has 0 aromatic heterocycles. The summed E-state index contributed by atoms with van der Waals surface area (Å²) in [7, 11) is 0. The average molecular weight is 402 g/mol. The number of amides is 1. The van der Waals surface area contributed by atoms with E-state index >= 15 is 0 Å².